The van der Waals surface area contributed by atoms with Gasteiger partial charge in [0.05, 0.1) is 12.7 Å². The molecule has 0 aliphatic rings. The maximum absolute atomic E-state index is 9.60. The Morgan fingerprint density at radius 1 is 1.22 bits per heavy atom. The second kappa shape index (κ2) is 9.76. The number of aliphatic hydroxyl groups is 1. The summed E-state index contributed by atoms with van der Waals surface area (Å²) in [6.07, 6.45) is 4.36. The van der Waals surface area contributed by atoms with Crippen molar-refractivity contribution in [3.8, 4) is 0 Å². The maximum atomic E-state index is 9.60. The molecule has 0 rings (SSSR count). The molecule has 2 N–H and O–H groups in total. The summed E-state index contributed by atoms with van der Waals surface area (Å²) in [6, 6.07) is 0. The Balaban J connectivity index is 3.96. The van der Waals surface area contributed by atoms with Gasteiger partial charge >= 0.3 is 0 Å². The van der Waals surface area contributed by atoms with Gasteiger partial charge in [-0.1, -0.05) is 27.7 Å². The van der Waals surface area contributed by atoms with Gasteiger partial charge in [0.25, 0.3) is 0 Å². The highest BCUT2D eigenvalue weighted by Gasteiger charge is 2.25. The van der Waals surface area contributed by atoms with E-state index in [0.29, 0.717) is 12.0 Å². The summed E-state index contributed by atoms with van der Waals surface area (Å²) in [6.45, 7) is 12.7. The molecule has 18 heavy (non-hydrogen) atoms. The van der Waals surface area contributed by atoms with Crippen LogP contribution in [0.4, 0.5) is 0 Å². The van der Waals surface area contributed by atoms with Crippen molar-refractivity contribution >= 4 is 0 Å². The number of nitrogens with one attached hydrogen (secondary N) is 1. The van der Waals surface area contributed by atoms with Crippen LogP contribution in [0.15, 0.2) is 0 Å². The van der Waals surface area contributed by atoms with Crippen LogP contribution in [0.5, 0.6) is 0 Å². The van der Waals surface area contributed by atoms with Crippen LogP contribution in [-0.2, 0) is 4.74 Å². The van der Waals surface area contributed by atoms with Crippen LogP contribution in [-0.4, -0.2) is 36.5 Å². The van der Waals surface area contributed by atoms with E-state index in [2.05, 4.69) is 39.9 Å². The third-order valence-electron chi connectivity index (χ3n) is 3.85. The molecule has 0 aliphatic carbocycles. The first-order valence-electron chi connectivity index (χ1n) is 7.48. The number of hydrogen-bond donors (Lipinski definition) is 2. The van der Waals surface area contributed by atoms with E-state index in [1.54, 1.807) is 0 Å². The van der Waals surface area contributed by atoms with Crippen molar-refractivity contribution in [2.24, 2.45) is 5.92 Å². The molecular weight excluding hydrogens is 226 g/mol. The normalized spacial score (nSPS) is 16.8. The highest BCUT2D eigenvalue weighted by atomic mass is 16.5. The Bertz CT molecular complexity index is 191. The fraction of sp³-hybridized carbons (Fsp3) is 1.00. The highest BCUT2D eigenvalue weighted by Crippen LogP contribution is 2.17. The van der Waals surface area contributed by atoms with Gasteiger partial charge in [0.15, 0.2) is 0 Å². The maximum Gasteiger partial charge on any atom is 0.0613 e. The molecule has 0 aromatic carbocycles. The molecule has 0 aromatic heterocycles. The zero-order valence-corrected chi connectivity index (χ0v) is 13.0. The summed E-state index contributed by atoms with van der Waals surface area (Å²) in [5.74, 6) is 0.567. The van der Waals surface area contributed by atoms with E-state index in [1.165, 1.54) is 0 Å². The number of hydrogen-bond acceptors (Lipinski definition) is 3. The van der Waals surface area contributed by atoms with Crippen molar-refractivity contribution in [3.05, 3.63) is 0 Å². The Morgan fingerprint density at radius 3 is 2.33 bits per heavy atom. The van der Waals surface area contributed by atoms with Gasteiger partial charge in [0.2, 0.25) is 0 Å². The van der Waals surface area contributed by atoms with E-state index in [9.17, 15) is 5.11 Å². The summed E-state index contributed by atoms with van der Waals surface area (Å²) in [5, 5.41) is 13.1. The highest BCUT2D eigenvalue weighted by molar-refractivity contribution is 4.85. The van der Waals surface area contributed by atoms with E-state index >= 15 is 0 Å². The second-order valence-corrected chi connectivity index (χ2v) is 5.64. The second-order valence-electron chi connectivity index (χ2n) is 5.64. The molecule has 0 heterocycles. The lowest BCUT2D eigenvalue weighted by atomic mass is 9.91. The first-order chi connectivity index (χ1) is 8.51. The fourth-order valence-corrected chi connectivity index (χ4v) is 1.90. The quantitative estimate of drug-likeness (QED) is 0.561. The van der Waals surface area contributed by atoms with Crippen molar-refractivity contribution in [2.45, 2.75) is 71.9 Å². The molecule has 0 spiro atoms. The lowest BCUT2D eigenvalue weighted by molar-refractivity contribution is 0.0271. The Labute approximate surface area is 113 Å². The first kappa shape index (κ1) is 17.9. The molecule has 110 valence electrons. The van der Waals surface area contributed by atoms with Crippen LogP contribution >= 0.6 is 0 Å². The summed E-state index contributed by atoms with van der Waals surface area (Å²) in [4.78, 5) is 0. The van der Waals surface area contributed by atoms with Crippen molar-refractivity contribution in [3.63, 3.8) is 0 Å². The number of rotatable bonds is 11. The zero-order valence-electron chi connectivity index (χ0n) is 13.0. The lowest BCUT2D eigenvalue weighted by Gasteiger charge is -2.32. The first-order valence-corrected chi connectivity index (χ1v) is 7.48. The lowest BCUT2D eigenvalue weighted by Crippen LogP contribution is -2.48. The summed E-state index contributed by atoms with van der Waals surface area (Å²) in [5.41, 5.74) is -0.111. The van der Waals surface area contributed by atoms with Gasteiger partial charge in [-0.3, -0.25) is 0 Å². The molecule has 0 amide bonds. The van der Waals surface area contributed by atoms with Gasteiger partial charge in [-0.05, 0) is 45.1 Å². The Hall–Kier alpha value is -0.120. The van der Waals surface area contributed by atoms with Gasteiger partial charge in [-0.2, -0.15) is 0 Å². The van der Waals surface area contributed by atoms with E-state index in [0.717, 1.165) is 38.8 Å². The van der Waals surface area contributed by atoms with Gasteiger partial charge in [-0.15, -0.1) is 0 Å². The Morgan fingerprint density at radius 2 is 1.89 bits per heavy atom. The van der Waals surface area contributed by atoms with E-state index < -0.39 is 0 Å². The molecule has 3 nitrogen and oxygen atoms in total. The molecule has 0 aliphatic heterocycles. The molecule has 0 aromatic rings. The molecule has 0 saturated carbocycles. The molecule has 0 fully saturated rings. The fourth-order valence-electron chi connectivity index (χ4n) is 1.90. The monoisotopic (exact) mass is 259 g/mol. The van der Waals surface area contributed by atoms with Gasteiger partial charge in [0.1, 0.15) is 0 Å². The van der Waals surface area contributed by atoms with Crippen LogP contribution in [0.2, 0.25) is 0 Å². The van der Waals surface area contributed by atoms with Crippen LogP contribution in [0.1, 0.15) is 60.3 Å². The van der Waals surface area contributed by atoms with Crippen molar-refractivity contribution < 1.29 is 9.84 Å². The standard InChI is InChI=1S/C15H33NO2/c1-6-10-16-15(7-2,12-17)9-8-11-18-14(5)13(3)4/h13-14,16-17H,6-12H2,1-5H3. The third kappa shape index (κ3) is 6.72. The SMILES string of the molecule is CCCNC(CC)(CO)CCCOC(C)C(C)C. The topological polar surface area (TPSA) is 41.5 Å². The van der Waals surface area contributed by atoms with Crippen LogP contribution < -0.4 is 5.32 Å². The smallest absolute Gasteiger partial charge is 0.0613 e. The molecule has 3 heteroatoms. The molecule has 2 unspecified atom stereocenters. The molecule has 0 radical (unpaired) electrons. The summed E-state index contributed by atoms with van der Waals surface area (Å²) >= 11 is 0. The zero-order chi connectivity index (χ0) is 14.0. The summed E-state index contributed by atoms with van der Waals surface area (Å²) < 4.78 is 5.78. The molecule has 2 atom stereocenters. The molecule has 0 saturated heterocycles. The van der Waals surface area contributed by atoms with E-state index in [4.69, 9.17) is 4.74 Å². The van der Waals surface area contributed by atoms with Crippen LogP contribution in [0.25, 0.3) is 0 Å². The molecule has 0 bridgehead atoms. The summed E-state index contributed by atoms with van der Waals surface area (Å²) in [7, 11) is 0. The minimum absolute atomic E-state index is 0.111. The Kier molecular flexibility index (Phi) is 9.70. The van der Waals surface area contributed by atoms with Gasteiger partial charge in [-0.25, -0.2) is 0 Å². The van der Waals surface area contributed by atoms with E-state index in [1.807, 2.05) is 0 Å². The average Bonchev–Trinajstić information content (AvgIpc) is 2.38. The molecular formula is C15H33NO2. The van der Waals surface area contributed by atoms with E-state index in [-0.39, 0.29) is 12.1 Å². The predicted molar refractivity (Wildman–Crippen MR) is 77.9 cm³/mol. The largest absolute Gasteiger partial charge is 0.394 e. The number of ether oxygens (including phenoxy) is 1. The van der Waals surface area contributed by atoms with Crippen molar-refractivity contribution in [2.75, 3.05) is 19.8 Å². The predicted octanol–water partition coefficient (Wildman–Crippen LogP) is 2.97. The van der Waals surface area contributed by atoms with Gasteiger partial charge in [0, 0.05) is 12.1 Å². The van der Waals surface area contributed by atoms with Gasteiger partial charge < -0.3 is 15.2 Å². The average molecular weight is 259 g/mol. The minimum atomic E-state index is -0.111. The number of aliphatic hydroxyl groups excluding tert-OH is 1. The van der Waals surface area contributed by atoms with Crippen molar-refractivity contribution in [1.82, 2.24) is 5.32 Å². The third-order valence-corrected chi connectivity index (χ3v) is 3.85. The van der Waals surface area contributed by atoms with Crippen LogP contribution in [0, 0.1) is 5.92 Å². The van der Waals surface area contributed by atoms with Crippen molar-refractivity contribution in [1.29, 1.82) is 0 Å². The van der Waals surface area contributed by atoms with Crippen LogP contribution in [0.3, 0.4) is 0 Å². The minimum Gasteiger partial charge on any atom is -0.394 e.